The average molecular weight is 326 g/mol. The SMILES string of the molecule is C=C(C)C(=O)OCC(C)CCCCCCCCCCCN(C)C. The summed E-state index contributed by atoms with van der Waals surface area (Å²) in [5.74, 6) is 0.192. The van der Waals surface area contributed by atoms with Gasteiger partial charge in [0.25, 0.3) is 0 Å². The van der Waals surface area contributed by atoms with Gasteiger partial charge in [-0.25, -0.2) is 4.79 Å². The van der Waals surface area contributed by atoms with Crippen LogP contribution in [0.15, 0.2) is 12.2 Å². The number of rotatable bonds is 15. The summed E-state index contributed by atoms with van der Waals surface area (Å²) >= 11 is 0. The summed E-state index contributed by atoms with van der Waals surface area (Å²) in [6.07, 6.45) is 13.3. The summed E-state index contributed by atoms with van der Waals surface area (Å²) in [6.45, 7) is 9.18. The van der Waals surface area contributed by atoms with Crippen LogP contribution < -0.4 is 0 Å². The Morgan fingerprint density at radius 3 is 1.91 bits per heavy atom. The summed E-state index contributed by atoms with van der Waals surface area (Å²) in [6, 6.07) is 0. The molecule has 3 nitrogen and oxygen atoms in total. The fourth-order valence-corrected chi connectivity index (χ4v) is 2.58. The van der Waals surface area contributed by atoms with Crippen molar-refractivity contribution in [2.45, 2.75) is 78.1 Å². The fraction of sp³-hybridized carbons (Fsp3) is 0.850. The molecule has 23 heavy (non-hydrogen) atoms. The smallest absolute Gasteiger partial charge is 0.333 e. The lowest BCUT2D eigenvalue weighted by Crippen LogP contribution is -2.12. The lowest BCUT2D eigenvalue weighted by Gasteiger charge is -2.12. The normalized spacial score (nSPS) is 12.4. The minimum absolute atomic E-state index is 0.262. The summed E-state index contributed by atoms with van der Waals surface area (Å²) in [4.78, 5) is 13.6. The molecule has 0 saturated heterocycles. The molecular weight excluding hydrogens is 286 g/mol. The summed E-state index contributed by atoms with van der Waals surface area (Å²) in [5.41, 5.74) is 0.485. The third kappa shape index (κ3) is 15.8. The Labute approximate surface area is 144 Å². The Morgan fingerprint density at radius 1 is 0.957 bits per heavy atom. The van der Waals surface area contributed by atoms with Gasteiger partial charge in [0.15, 0.2) is 0 Å². The van der Waals surface area contributed by atoms with Gasteiger partial charge in [-0.1, -0.05) is 64.9 Å². The molecule has 0 N–H and O–H groups in total. The molecule has 0 rings (SSSR count). The Kier molecular flexibility index (Phi) is 14.2. The Hall–Kier alpha value is -0.830. The van der Waals surface area contributed by atoms with Crippen LogP contribution in [-0.4, -0.2) is 38.1 Å². The molecule has 1 atom stereocenters. The first-order valence-electron chi connectivity index (χ1n) is 9.40. The van der Waals surface area contributed by atoms with Crippen LogP contribution in [0.25, 0.3) is 0 Å². The van der Waals surface area contributed by atoms with Crippen molar-refractivity contribution in [1.29, 1.82) is 0 Å². The van der Waals surface area contributed by atoms with E-state index in [9.17, 15) is 4.79 Å². The van der Waals surface area contributed by atoms with Gasteiger partial charge in [-0.05, 0) is 46.3 Å². The van der Waals surface area contributed by atoms with E-state index >= 15 is 0 Å². The van der Waals surface area contributed by atoms with Crippen LogP contribution in [0, 0.1) is 5.92 Å². The number of carbonyl (C=O) groups is 1. The maximum atomic E-state index is 11.3. The molecular formula is C20H39NO2. The van der Waals surface area contributed by atoms with Crippen LogP contribution in [0.1, 0.15) is 78.1 Å². The molecule has 3 heteroatoms. The molecule has 0 aromatic carbocycles. The van der Waals surface area contributed by atoms with Gasteiger partial charge in [-0.2, -0.15) is 0 Å². The molecule has 0 spiro atoms. The molecule has 0 fully saturated rings. The van der Waals surface area contributed by atoms with Gasteiger partial charge in [0.2, 0.25) is 0 Å². The summed E-state index contributed by atoms with van der Waals surface area (Å²) in [7, 11) is 4.29. The first kappa shape index (κ1) is 22.2. The molecule has 0 bridgehead atoms. The van der Waals surface area contributed by atoms with Crippen LogP contribution in [0.2, 0.25) is 0 Å². The van der Waals surface area contributed by atoms with E-state index in [-0.39, 0.29) is 5.97 Å². The third-order valence-corrected chi connectivity index (χ3v) is 4.15. The predicted octanol–water partition coefficient (Wildman–Crippen LogP) is 5.20. The van der Waals surface area contributed by atoms with Gasteiger partial charge in [0, 0.05) is 5.57 Å². The second-order valence-electron chi connectivity index (χ2n) is 7.26. The van der Waals surface area contributed by atoms with Gasteiger partial charge >= 0.3 is 5.97 Å². The second kappa shape index (κ2) is 14.7. The average Bonchev–Trinajstić information content (AvgIpc) is 2.49. The molecule has 0 amide bonds. The number of carbonyl (C=O) groups excluding carboxylic acids is 1. The zero-order valence-electron chi connectivity index (χ0n) is 16.0. The lowest BCUT2D eigenvalue weighted by molar-refractivity contribution is -0.140. The van der Waals surface area contributed by atoms with Gasteiger partial charge < -0.3 is 9.64 Å². The highest BCUT2D eigenvalue weighted by Gasteiger charge is 2.07. The zero-order chi connectivity index (χ0) is 17.5. The van der Waals surface area contributed by atoms with E-state index in [0.29, 0.717) is 18.1 Å². The monoisotopic (exact) mass is 325 g/mol. The molecule has 0 radical (unpaired) electrons. The first-order chi connectivity index (χ1) is 10.9. The van der Waals surface area contributed by atoms with E-state index < -0.39 is 0 Å². The van der Waals surface area contributed by atoms with E-state index in [4.69, 9.17) is 4.74 Å². The minimum Gasteiger partial charge on any atom is -0.462 e. The fourth-order valence-electron chi connectivity index (χ4n) is 2.58. The number of unbranched alkanes of at least 4 members (excludes halogenated alkanes) is 8. The van der Waals surface area contributed by atoms with Crippen molar-refractivity contribution in [3.8, 4) is 0 Å². The molecule has 0 saturated carbocycles. The standard InChI is InChI=1S/C20H39NO2/c1-18(2)20(22)23-17-19(3)15-13-11-9-7-6-8-10-12-14-16-21(4)5/h19H,1,6-17H2,2-5H3. The van der Waals surface area contributed by atoms with E-state index in [0.717, 1.165) is 6.42 Å². The van der Waals surface area contributed by atoms with Crippen molar-refractivity contribution < 1.29 is 9.53 Å². The van der Waals surface area contributed by atoms with Crippen LogP contribution in [-0.2, 0) is 9.53 Å². The number of ether oxygens (including phenoxy) is 1. The Morgan fingerprint density at radius 2 is 1.43 bits per heavy atom. The Bertz CT molecular complexity index is 313. The predicted molar refractivity (Wildman–Crippen MR) is 99.7 cm³/mol. The van der Waals surface area contributed by atoms with Crippen LogP contribution in [0.5, 0.6) is 0 Å². The minimum atomic E-state index is -0.262. The van der Waals surface area contributed by atoms with Gasteiger partial charge in [-0.15, -0.1) is 0 Å². The topological polar surface area (TPSA) is 29.5 Å². The maximum Gasteiger partial charge on any atom is 0.333 e. The number of nitrogens with zero attached hydrogens (tertiary/aromatic N) is 1. The zero-order valence-corrected chi connectivity index (χ0v) is 16.0. The van der Waals surface area contributed by atoms with Gasteiger partial charge in [0.1, 0.15) is 0 Å². The van der Waals surface area contributed by atoms with Crippen LogP contribution in [0.4, 0.5) is 0 Å². The van der Waals surface area contributed by atoms with Gasteiger partial charge in [0.05, 0.1) is 6.61 Å². The molecule has 0 heterocycles. The number of hydrogen-bond donors (Lipinski definition) is 0. The third-order valence-electron chi connectivity index (χ3n) is 4.15. The van der Waals surface area contributed by atoms with Crippen molar-refractivity contribution >= 4 is 5.97 Å². The van der Waals surface area contributed by atoms with E-state index in [2.05, 4.69) is 32.5 Å². The quantitative estimate of drug-likeness (QED) is 0.235. The van der Waals surface area contributed by atoms with E-state index in [1.54, 1.807) is 6.92 Å². The van der Waals surface area contributed by atoms with E-state index in [1.807, 2.05) is 0 Å². The van der Waals surface area contributed by atoms with E-state index in [1.165, 1.54) is 64.3 Å². The van der Waals surface area contributed by atoms with Crippen LogP contribution >= 0.6 is 0 Å². The van der Waals surface area contributed by atoms with Crippen molar-refractivity contribution in [2.24, 2.45) is 5.92 Å². The largest absolute Gasteiger partial charge is 0.462 e. The summed E-state index contributed by atoms with van der Waals surface area (Å²) < 4.78 is 5.18. The Balaban J connectivity index is 3.26. The van der Waals surface area contributed by atoms with Crippen molar-refractivity contribution in [3.05, 3.63) is 12.2 Å². The molecule has 136 valence electrons. The van der Waals surface area contributed by atoms with Crippen molar-refractivity contribution in [3.63, 3.8) is 0 Å². The first-order valence-corrected chi connectivity index (χ1v) is 9.40. The highest BCUT2D eigenvalue weighted by Crippen LogP contribution is 2.14. The summed E-state index contributed by atoms with van der Waals surface area (Å²) in [5, 5.41) is 0. The lowest BCUT2D eigenvalue weighted by atomic mass is 10.0. The van der Waals surface area contributed by atoms with Gasteiger partial charge in [-0.3, -0.25) is 0 Å². The van der Waals surface area contributed by atoms with Crippen LogP contribution in [0.3, 0.4) is 0 Å². The molecule has 0 aromatic heterocycles. The number of hydrogen-bond acceptors (Lipinski definition) is 3. The molecule has 0 aliphatic rings. The maximum absolute atomic E-state index is 11.3. The van der Waals surface area contributed by atoms with Crippen molar-refractivity contribution in [1.82, 2.24) is 4.90 Å². The molecule has 1 unspecified atom stereocenters. The molecule has 0 aliphatic heterocycles. The second-order valence-corrected chi connectivity index (χ2v) is 7.26. The molecule has 0 aromatic rings. The van der Waals surface area contributed by atoms with Crippen molar-refractivity contribution in [2.75, 3.05) is 27.2 Å². The highest BCUT2D eigenvalue weighted by atomic mass is 16.5. The highest BCUT2D eigenvalue weighted by molar-refractivity contribution is 5.86. The molecule has 0 aliphatic carbocycles. The number of esters is 1.